The average molecular weight is 278 g/mol. The molecule has 0 amide bonds. The first-order valence-electron chi connectivity index (χ1n) is 5.94. The molecule has 1 aromatic heterocycles. The molecule has 0 fully saturated rings. The third kappa shape index (κ3) is 3.87. The predicted molar refractivity (Wildman–Crippen MR) is 73.8 cm³/mol. The van der Waals surface area contributed by atoms with Crippen molar-refractivity contribution in [2.45, 2.75) is 39.8 Å². The number of hydrogen-bond donors (Lipinski definition) is 1. The fourth-order valence-electron chi connectivity index (χ4n) is 1.90. The molecule has 1 aromatic rings. The number of rotatable bonds is 6. The zero-order valence-electron chi connectivity index (χ0n) is 10.9. The van der Waals surface area contributed by atoms with Gasteiger partial charge >= 0.3 is 0 Å². The van der Waals surface area contributed by atoms with Crippen molar-refractivity contribution in [2.24, 2.45) is 13.0 Å². The zero-order valence-corrected chi connectivity index (χ0v) is 12.4. The first-order valence-corrected chi connectivity index (χ1v) is 6.86. The molecule has 1 atom stereocenters. The highest BCUT2D eigenvalue weighted by atomic mass is 35.5. The lowest BCUT2D eigenvalue weighted by atomic mass is 10.0. The summed E-state index contributed by atoms with van der Waals surface area (Å²) >= 11 is 12.0. The summed E-state index contributed by atoms with van der Waals surface area (Å²) < 4.78 is 1.71. The van der Waals surface area contributed by atoms with Crippen LogP contribution in [-0.4, -0.2) is 21.7 Å². The van der Waals surface area contributed by atoms with Gasteiger partial charge in [0.2, 0.25) is 0 Å². The molecular weight excluding hydrogens is 257 g/mol. The molecule has 0 aromatic carbocycles. The van der Waals surface area contributed by atoms with Crippen LogP contribution in [0.25, 0.3) is 0 Å². The van der Waals surface area contributed by atoms with Crippen LogP contribution in [0.1, 0.15) is 31.5 Å². The van der Waals surface area contributed by atoms with Gasteiger partial charge in [0, 0.05) is 31.1 Å². The van der Waals surface area contributed by atoms with Gasteiger partial charge in [0.15, 0.2) is 0 Å². The molecule has 5 heteroatoms. The lowest BCUT2D eigenvalue weighted by Crippen LogP contribution is -2.33. The summed E-state index contributed by atoms with van der Waals surface area (Å²) in [4.78, 5) is 0. The quantitative estimate of drug-likeness (QED) is 0.810. The van der Waals surface area contributed by atoms with E-state index in [0.29, 0.717) is 23.0 Å². The van der Waals surface area contributed by atoms with Crippen molar-refractivity contribution in [1.29, 1.82) is 0 Å². The minimum Gasteiger partial charge on any atom is -0.309 e. The van der Waals surface area contributed by atoms with Gasteiger partial charge in [0.05, 0.1) is 5.69 Å². The molecule has 0 bridgehead atoms. The Labute approximate surface area is 113 Å². The standard InChI is InChI=1S/C12H21Cl2N3/c1-8(2)11(5-6-13)15-7-10-9(3)16-17(4)12(10)14/h8,11,15H,5-7H2,1-4H3. The minimum absolute atomic E-state index is 0.420. The van der Waals surface area contributed by atoms with Gasteiger partial charge in [0.25, 0.3) is 0 Å². The number of halogens is 2. The van der Waals surface area contributed by atoms with Gasteiger partial charge in [-0.1, -0.05) is 25.4 Å². The maximum Gasteiger partial charge on any atom is 0.131 e. The van der Waals surface area contributed by atoms with E-state index in [2.05, 4.69) is 24.3 Å². The van der Waals surface area contributed by atoms with Crippen molar-refractivity contribution in [3.8, 4) is 0 Å². The van der Waals surface area contributed by atoms with E-state index >= 15 is 0 Å². The van der Waals surface area contributed by atoms with E-state index in [-0.39, 0.29) is 0 Å². The molecule has 0 saturated carbocycles. The first-order chi connectivity index (χ1) is 7.97. The van der Waals surface area contributed by atoms with Crippen LogP contribution in [0.4, 0.5) is 0 Å². The van der Waals surface area contributed by atoms with Crippen LogP contribution in [0.3, 0.4) is 0 Å². The van der Waals surface area contributed by atoms with Gasteiger partial charge in [-0.2, -0.15) is 5.10 Å². The van der Waals surface area contributed by atoms with Crippen LogP contribution in [0.5, 0.6) is 0 Å². The third-order valence-corrected chi connectivity index (χ3v) is 3.73. The molecule has 0 aliphatic carbocycles. The largest absolute Gasteiger partial charge is 0.309 e. The summed E-state index contributed by atoms with van der Waals surface area (Å²) in [6.45, 7) is 7.12. The minimum atomic E-state index is 0.420. The van der Waals surface area contributed by atoms with Gasteiger partial charge < -0.3 is 5.32 Å². The predicted octanol–water partition coefficient (Wildman–Crippen LogP) is 3.13. The molecule has 0 radical (unpaired) electrons. The summed E-state index contributed by atoms with van der Waals surface area (Å²) in [6, 6.07) is 0.420. The van der Waals surface area contributed by atoms with Crippen molar-refractivity contribution in [2.75, 3.05) is 5.88 Å². The molecule has 3 nitrogen and oxygen atoms in total. The molecule has 0 aliphatic heterocycles. The lowest BCUT2D eigenvalue weighted by Gasteiger charge is -2.21. The van der Waals surface area contributed by atoms with Gasteiger partial charge in [-0.3, -0.25) is 4.68 Å². The smallest absolute Gasteiger partial charge is 0.131 e. The van der Waals surface area contributed by atoms with Crippen LogP contribution in [0.2, 0.25) is 5.15 Å². The van der Waals surface area contributed by atoms with E-state index in [9.17, 15) is 0 Å². The van der Waals surface area contributed by atoms with Crippen LogP contribution in [0.15, 0.2) is 0 Å². The Morgan fingerprint density at radius 2 is 2.06 bits per heavy atom. The zero-order chi connectivity index (χ0) is 13.0. The molecule has 0 spiro atoms. The molecule has 1 rings (SSSR count). The molecule has 0 saturated heterocycles. The topological polar surface area (TPSA) is 29.9 Å². The maximum atomic E-state index is 6.19. The Balaban J connectivity index is 2.65. The van der Waals surface area contributed by atoms with E-state index < -0.39 is 0 Å². The van der Waals surface area contributed by atoms with Crippen molar-refractivity contribution in [3.05, 3.63) is 16.4 Å². The maximum absolute atomic E-state index is 6.19. The van der Waals surface area contributed by atoms with Crippen molar-refractivity contribution < 1.29 is 0 Å². The Morgan fingerprint density at radius 1 is 1.41 bits per heavy atom. The second-order valence-corrected chi connectivity index (χ2v) is 5.42. The van der Waals surface area contributed by atoms with Gasteiger partial charge in [-0.15, -0.1) is 11.6 Å². The van der Waals surface area contributed by atoms with Gasteiger partial charge in [-0.25, -0.2) is 0 Å². The monoisotopic (exact) mass is 277 g/mol. The Hall–Kier alpha value is -0.250. The number of nitrogens with one attached hydrogen (secondary N) is 1. The highest BCUT2D eigenvalue weighted by Gasteiger charge is 2.15. The Kier molecular flexibility index (Phi) is 5.77. The Morgan fingerprint density at radius 3 is 2.47 bits per heavy atom. The molecule has 0 aliphatic rings. The summed E-state index contributed by atoms with van der Waals surface area (Å²) in [5.74, 6) is 1.24. The second-order valence-electron chi connectivity index (χ2n) is 4.69. The molecule has 1 heterocycles. The molecule has 1 unspecified atom stereocenters. The number of aromatic nitrogens is 2. The number of nitrogens with zero attached hydrogens (tertiary/aromatic N) is 2. The molecule has 1 N–H and O–H groups in total. The SMILES string of the molecule is Cc1nn(C)c(Cl)c1CNC(CCCl)C(C)C. The van der Waals surface area contributed by atoms with Gasteiger partial charge in [-0.05, 0) is 19.3 Å². The van der Waals surface area contributed by atoms with E-state index in [4.69, 9.17) is 23.2 Å². The summed E-state index contributed by atoms with van der Waals surface area (Å²) in [6.07, 6.45) is 0.968. The summed E-state index contributed by atoms with van der Waals surface area (Å²) in [5.41, 5.74) is 2.06. The normalized spacial score (nSPS) is 13.4. The van der Waals surface area contributed by atoms with Crippen molar-refractivity contribution >= 4 is 23.2 Å². The van der Waals surface area contributed by atoms with Crippen molar-refractivity contribution in [3.63, 3.8) is 0 Å². The van der Waals surface area contributed by atoms with Crippen molar-refractivity contribution in [1.82, 2.24) is 15.1 Å². The van der Waals surface area contributed by atoms with Crippen LogP contribution in [-0.2, 0) is 13.6 Å². The van der Waals surface area contributed by atoms with Crippen LogP contribution < -0.4 is 5.32 Å². The van der Waals surface area contributed by atoms with Crippen LogP contribution in [0, 0.1) is 12.8 Å². The fourth-order valence-corrected chi connectivity index (χ4v) is 2.37. The molecule has 98 valence electrons. The fraction of sp³-hybridized carbons (Fsp3) is 0.750. The first kappa shape index (κ1) is 14.8. The lowest BCUT2D eigenvalue weighted by molar-refractivity contribution is 0.388. The van der Waals surface area contributed by atoms with Gasteiger partial charge in [0.1, 0.15) is 5.15 Å². The summed E-state index contributed by atoms with van der Waals surface area (Å²) in [5, 5.41) is 8.52. The molecule has 17 heavy (non-hydrogen) atoms. The summed E-state index contributed by atoms with van der Waals surface area (Å²) in [7, 11) is 1.86. The van der Waals surface area contributed by atoms with Crippen LogP contribution >= 0.6 is 23.2 Å². The highest BCUT2D eigenvalue weighted by molar-refractivity contribution is 6.30. The Bertz CT molecular complexity index is 361. The number of aryl methyl sites for hydroxylation is 2. The average Bonchev–Trinajstić information content (AvgIpc) is 2.49. The van der Waals surface area contributed by atoms with E-state index in [1.165, 1.54) is 0 Å². The van der Waals surface area contributed by atoms with E-state index in [1.54, 1.807) is 4.68 Å². The second kappa shape index (κ2) is 6.62. The highest BCUT2D eigenvalue weighted by Crippen LogP contribution is 2.19. The number of alkyl halides is 1. The van der Waals surface area contributed by atoms with E-state index in [0.717, 1.165) is 24.2 Å². The molecular formula is C12H21Cl2N3. The van der Waals surface area contributed by atoms with E-state index in [1.807, 2.05) is 14.0 Å². The number of hydrogen-bond acceptors (Lipinski definition) is 2. The third-order valence-electron chi connectivity index (χ3n) is 3.04.